The van der Waals surface area contributed by atoms with Gasteiger partial charge in [-0.2, -0.15) is 0 Å². The zero-order chi connectivity index (χ0) is 8.27. The molecule has 4 heteroatoms. The summed E-state index contributed by atoms with van der Waals surface area (Å²) in [4.78, 5) is 10.4. The monoisotopic (exact) mass is 170 g/mol. The Morgan fingerprint density at radius 1 is 1.55 bits per heavy atom. The van der Waals surface area contributed by atoms with Crippen molar-refractivity contribution in [2.24, 2.45) is 0 Å². The molecule has 0 aliphatic rings. The van der Waals surface area contributed by atoms with Crippen LogP contribution in [0.15, 0.2) is 18.2 Å². The predicted octanol–water partition coefficient (Wildman–Crippen LogP) is 1.37. The molecule has 0 saturated carbocycles. The molecule has 1 N–H and O–H groups in total. The number of carbonyl (C=O) groups is 1. The van der Waals surface area contributed by atoms with Crippen LogP contribution < -0.4 is 4.52 Å². The number of phenolic OH excluding ortho intramolecular Hbond substituents is 1. The standard InChI is InChI=1S/C7H7O3P/c8-4-5-6(9)2-1-3-7(5)10-11/h1-4,9H,11H2. The van der Waals surface area contributed by atoms with Gasteiger partial charge in [-0.1, -0.05) is 6.07 Å². The fourth-order valence-corrected chi connectivity index (χ4v) is 0.959. The highest BCUT2D eigenvalue weighted by molar-refractivity contribution is 7.10. The van der Waals surface area contributed by atoms with Crippen molar-refractivity contribution in [2.75, 3.05) is 0 Å². The molecular formula is C7H7O3P. The Bertz CT molecular complexity index is 272. The molecule has 1 atom stereocenters. The predicted molar refractivity (Wildman–Crippen MR) is 43.8 cm³/mol. The van der Waals surface area contributed by atoms with Crippen molar-refractivity contribution in [3.05, 3.63) is 23.8 Å². The number of rotatable bonds is 2. The second kappa shape index (κ2) is 3.35. The Morgan fingerprint density at radius 3 is 2.73 bits per heavy atom. The lowest BCUT2D eigenvalue weighted by Crippen LogP contribution is -1.85. The Balaban J connectivity index is 3.24. The molecule has 1 unspecified atom stereocenters. The lowest BCUT2D eigenvalue weighted by atomic mass is 10.2. The molecule has 0 aliphatic heterocycles. The molecule has 0 fully saturated rings. The van der Waals surface area contributed by atoms with Gasteiger partial charge >= 0.3 is 0 Å². The van der Waals surface area contributed by atoms with Gasteiger partial charge in [0, 0.05) is 0 Å². The van der Waals surface area contributed by atoms with Gasteiger partial charge in [-0.15, -0.1) is 0 Å². The minimum Gasteiger partial charge on any atom is -0.507 e. The summed E-state index contributed by atoms with van der Waals surface area (Å²) in [5.74, 6) is 0.282. The Kier molecular flexibility index (Phi) is 2.44. The zero-order valence-electron chi connectivity index (χ0n) is 5.65. The van der Waals surface area contributed by atoms with Gasteiger partial charge in [0.25, 0.3) is 0 Å². The maximum Gasteiger partial charge on any atom is 0.157 e. The van der Waals surface area contributed by atoms with Crippen LogP contribution >= 0.6 is 9.47 Å². The topological polar surface area (TPSA) is 46.5 Å². The maximum atomic E-state index is 10.4. The first-order valence-electron chi connectivity index (χ1n) is 2.93. The molecule has 0 aliphatic carbocycles. The van der Waals surface area contributed by atoms with Crippen LogP contribution in [0.5, 0.6) is 11.5 Å². The van der Waals surface area contributed by atoms with E-state index >= 15 is 0 Å². The van der Waals surface area contributed by atoms with Gasteiger partial charge in [-0.3, -0.25) is 4.79 Å². The van der Waals surface area contributed by atoms with Crippen LogP contribution in [-0.4, -0.2) is 11.4 Å². The van der Waals surface area contributed by atoms with E-state index in [1.165, 1.54) is 6.07 Å². The highest BCUT2D eigenvalue weighted by Crippen LogP contribution is 2.26. The fraction of sp³-hybridized carbons (Fsp3) is 0. The van der Waals surface area contributed by atoms with Crippen molar-refractivity contribution >= 4 is 15.8 Å². The summed E-state index contributed by atoms with van der Waals surface area (Å²) in [5.41, 5.74) is 0.169. The molecule has 0 aromatic heterocycles. The fourth-order valence-electron chi connectivity index (χ4n) is 0.754. The molecular weight excluding hydrogens is 163 g/mol. The Labute approximate surface area is 66.3 Å². The van der Waals surface area contributed by atoms with Crippen LogP contribution in [0.25, 0.3) is 0 Å². The van der Waals surface area contributed by atoms with Gasteiger partial charge in [0.2, 0.25) is 0 Å². The minimum absolute atomic E-state index is 0.0695. The molecule has 58 valence electrons. The third-order valence-corrected chi connectivity index (χ3v) is 1.54. The number of hydrogen-bond donors (Lipinski definition) is 1. The smallest absolute Gasteiger partial charge is 0.157 e. The van der Waals surface area contributed by atoms with Gasteiger partial charge in [0.05, 0.1) is 15.0 Å². The summed E-state index contributed by atoms with van der Waals surface area (Å²) in [7, 11) is 2.01. The molecule has 0 saturated heterocycles. The van der Waals surface area contributed by atoms with Crippen molar-refractivity contribution in [2.45, 2.75) is 0 Å². The van der Waals surface area contributed by atoms with Crippen molar-refractivity contribution < 1.29 is 14.4 Å². The summed E-state index contributed by atoms with van der Waals surface area (Å²) < 4.78 is 4.74. The van der Waals surface area contributed by atoms with Crippen molar-refractivity contribution in [1.82, 2.24) is 0 Å². The lowest BCUT2D eigenvalue weighted by Gasteiger charge is -2.02. The van der Waals surface area contributed by atoms with Crippen LogP contribution in [0.3, 0.4) is 0 Å². The van der Waals surface area contributed by atoms with Crippen LogP contribution in [0.4, 0.5) is 0 Å². The highest BCUT2D eigenvalue weighted by Gasteiger charge is 2.05. The number of aromatic hydroxyl groups is 1. The van der Waals surface area contributed by atoms with Crippen LogP contribution in [0.1, 0.15) is 10.4 Å². The van der Waals surface area contributed by atoms with E-state index in [4.69, 9.17) is 9.63 Å². The first kappa shape index (κ1) is 8.02. The molecule has 0 bridgehead atoms. The van der Waals surface area contributed by atoms with E-state index in [-0.39, 0.29) is 11.3 Å². The summed E-state index contributed by atoms with van der Waals surface area (Å²) in [6.07, 6.45) is 0.550. The van der Waals surface area contributed by atoms with Crippen LogP contribution in [-0.2, 0) is 0 Å². The molecule has 0 spiro atoms. The molecule has 11 heavy (non-hydrogen) atoms. The SMILES string of the molecule is O=Cc1c(O)cccc1OP. The molecule has 0 amide bonds. The number of benzene rings is 1. The van der Waals surface area contributed by atoms with E-state index in [1.54, 1.807) is 12.1 Å². The van der Waals surface area contributed by atoms with Gasteiger partial charge in [-0.05, 0) is 12.1 Å². The van der Waals surface area contributed by atoms with E-state index < -0.39 is 0 Å². The third-order valence-electron chi connectivity index (χ3n) is 1.29. The number of hydrogen-bond acceptors (Lipinski definition) is 3. The number of aldehydes is 1. The first-order chi connectivity index (χ1) is 5.29. The van der Waals surface area contributed by atoms with Crippen LogP contribution in [0, 0.1) is 0 Å². The van der Waals surface area contributed by atoms with E-state index in [9.17, 15) is 4.79 Å². The van der Waals surface area contributed by atoms with E-state index in [1.807, 2.05) is 9.47 Å². The second-order valence-corrected chi connectivity index (χ2v) is 2.16. The molecule has 1 rings (SSSR count). The first-order valence-corrected chi connectivity index (χ1v) is 3.40. The zero-order valence-corrected chi connectivity index (χ0v) is 6.81. The Hall–Kier alpha value is -1.08. The summed E-state index contributed by atoms with van der Waals surface area (Å²) in [6, 6.07) is 4.62. The van der Waals surface area contributed by atoms with E-state index in [0.29, 0.717) is 12.0 Å². The molecule has 1 aromatic carbocycles. The summed E-state index contributed by atoms with van der Waals surface area (Å²) in [5, 5.41) is 9.10. The molecule has 3 nitrogen and oxygen atoms in total. The lowest BCUT2D eigenvalue weighted by molar-refractivity contribution is 0.111. The molecule has 0 radical (unpaired) electrons. The van der Waals surface area contributed by atoms with Gasteiger partial charge in [0.15, 0.2) is 6.29 Å². The van der Waals surface area contributed by atoms with Crippen molar-refractivity contribution in [3.63, 3.8) is 0 Å². The normalized spacial score (nSPS) is 9.18. The van der Waals surface area contributed by atoms with Crippen LogP contribution in [0.2, 0.25) is 0 Å². The number of phenols is 1. The van der Waals surface area contributed by atoms with E-state index in [2.05, 4.69) is 0 Å². The number of carbonyl (C=O) groups excluding carboxylic acids is 1. The molecule has 1 aromatic rings. The summed E-state index contributed by atoms with van der Waals surface area (Å²) in [6.45, 7) is 0. The average Bonchev–Trinajstić information content (AvgIpc) is 2.04. The quantitative estimate of drug-likeness (QED) is 0.538. The van der Waals surface area contributed by atoms with Gasteiger partial charge in [0.1, 0.15) is 11.5 Å². The third kappa shape index (κ3) is 1.49. The largest absolute Gasteiger partial charge is 0.507 e. The average molecular weight is 170 g/mol. The van der Waals surface area contributed by atoms with Crippen molar-refractivity contribution in [1.29, 1.82) is 0 Å². The van der Waals surface area contributed by atoms with Gasteiger partial charge in [-0.25, -0.2) is 0 Å². The minimum atomic E-state index is -0.0695. The van der Waals surface area contributed by atoms with E-state index in [0.717, 1.165) is 0 Å². The summed E-state index contributed by atoms with van der Waals surface area (Å²) >= 11 is 0. The second-order valence-electron chi connectivity index (χ2n) is 1.92. The maximum absolute atomic E-state index is 10.4. The van der Waals surface area contributed by atoms with Gasteiger partial charge < -0.3 is 9.63 Å². The highest BCUT2D eigenvalue weighted by atomic mass is 31.0. The van der Waals surface area contributed by atoms with Crippen molar-refractivity contribution in [3.8, 4) is 11.5 Å². The Morgan fingerprint density at radius 2 is 2.27 bits per heavy atom. The molecule has 0 heterocycles.